The number of ether oxygens (including phenoxy) is 3. The molecule has 10 heteroatoms. The third-order valence-corrected chi connectivity index (χ3v) is 4.60. The number of methoxy groups -OCH3 is 1. The van der Waals surface area contributed by atoms with Crippen LogP contribution in [0.2, 0.25) is 0 Å². The number of carbonyl (C=O) groups excluding carboxylic acids is 3. The van der Waals surface area contributed by atoms with Crippen molar-refractivity contribution >= 4 is 18.0 Å². The molecule has 1 aromatic heterocycles. The van der Waals surface area contributed by atoms with Crippen LogP contribution in [0.1, 0.15) is 17.4 Å². The number of rotatable bonds is 6. The molecule has 2 aromatic rings. The van der Waals surface area contributed by atoms with E-state index in [4.69, 9.17) is 14.2 Å². The maximum Gasteiger partial charge on any atom is 0.409 e. The number of para-hydroxylation sites is 1. The highest BCUT2D eigenvalue weighted by Gasteiger charge is 2.26. The van der Waals surface area contributed by atoms with Gasteiger partial charge < -0.3 is 24.0 Å². The zero-order valence-corrected chi connectivity index (χ0v) is 16.9. The van der Waals surface area contributed by atoms with Crippen molar-refractivity contribution < 1.29 is 28.6 Å². The highest BCUT2D eigenvalue weighted by molar-refractivity contribution is 5.92. The fourth-order valence-corrected chi connectivity index (χ4v) is 3.00. The number of piperazine rings is 1. The Bertz CT molecular complexity index is 890. The van der Waals surface area contributed by atoms with Crippen LogP contribution in [0, 0.1) is 0 Å². The van der Waals surface area contributed by atoms with Gasteiger partial charge in [-0.3, -0.25) is 4.79 Å². The second-order valence-corrected chi connectivity index (χ2v) is 6.47. The smallest absolute Gasteiger partial charge is 0.409 e. The first-order valence-corrected chi connectivity index (χ1v) is 9.59. The average Bonchev–Trinajstić information content (AvgIpc) is 3.23. The highest BCUT2D eigenvalue weighted by Crippen LogP contribution is 2.20. The first-order chi connectivity index (χ1) is 14.5. The lowest BCUT2D eigenvalue weighted by atomic mass is 10.3. The first-order valence-electron chi connectivity index (χ1n) is 9.59. The van der Waals surface area contributed by atoms with Crippen LogP contribution in [0.15, 0.2) is 36.5 Å². The Kier molecular flexibility index (Phi) is 6.89. The minimum atomic E-state index is -0.750. The Balaban J connectivity index is 1.55. The maximum absolute atomic E-state index is 12.5. The Hall–Kier alpha value is -3.56. The van der Waals surface area contributed by atoms with Crippen molar-refractivity contribution in [3.63, 3.8) is 0 Å². The first kappa shape index (κ1) is 21.2. The van der Waals surface area contributed by atoms with Gasteiger partial charge in [0.15, 0.2) is 12.4 Å². The van der Waals surface area contributed by atoms with Gasteiger partial charge in [-0.25, -0.2) is 14.3 Å². The number of aromatic nitrogens is 2. The summed E-state index contributed by atoms with van der Waals surface area (Å²) in [5.41, 5.74) is 0.742. The van der Waals surface area contributed by atoms with Gasteiger partial charge in [0.2, 0.25) is 5.69 Å². The van der Waals surface area contributed by atoms with E-state index in [9.17, 15) is 14.4 Å². The summed E-state index contributed by atoms with van der Waals surface area (Å²) in [6.45, 7) is 3.06. The van der Waals surface area contributed by atoms with Gasteiger partial charge in [0.25, 0.3) is 5.91 Å². The van der Waals surface area contributed by atoms with Gasteiger partial charge in [0.05, 0.1) is 25.6 Å². The van der Waals surface area contributed by atoms with Crippen molar-refractivity contribution in [1.82, 2.24) is 19.6 Å². The fraction of sp³-hybridized carbons (Fsp3) is 0.400. The lowest BCUT2D eigenvalue weighted by Gasteiger charge is -2.33. The van der Waals surface area contributed by atoms with Crippen LogP contribution in [0.4, 0.5) is 4.79 Å². The molecule has 1 aliphatic rings. The highest BCUT2D eigenvalue weighted by atomic mass is 16.6. The molecule has 0 aliphatic carbocycles. The molecule has 1 saturated heterocycles. The van der Waals surface area contributed by atoms with Crippen molar-refractivity contribution in [3.05, 3.63) is 42.2 Å². The molecular weight excluding hydrogens is 392 g/mol. The Morgan fingerprint density at radius 1 is 1.00 bits per heavy atom. The van der Waals surface area contributed by atoms with Gasteiger partial charge in [-0.2, -0.15) is 5.10 Å². The third kappa shape index (κ3) is 4.88. The molecule has 0 atom stereocenters. The van der Waals surface area contributed by atoms with Gasteiger partial charge in [-0.05, 0) is 19.1 Å². The molecule has 0 saturated carbocycles. The van der Waals surface area contributed by atoms with Gasteiger partial charge in [-0.15, -0.1) is 0 Å². The van der Waals surface area contributed by atoms with Crippen LogP contribution < -0.4 is 4.74 Å². The van der Waals surface area contributed by atoms with Crippen molar-refractivity contribution in [2.45, 2.75) is 6.92 Å². The molecule has 30 heavy (non-hydrogen) atoms. The van der Waals surface area contributed by atoms with Crippen molar-refractivity contribution in [2.75, 3.05) is 46.5 Å². The number of benzene rings is 1. The molecule has 0 unspecified atom stereocenters. The van der Waals surface area contributed by atoms with E-state index in [2.05, 4.69) is 5.10 Å². The standard InChI is InChI=1S/C20H24N4O6/c1-3-29-20(27)23-11-9-22(10-12-23)17(25)14-30-19(26)18-16(28-2)13-24(21-18)15-7-5-4-6-8-15/h4-8,13H,3,9-12,14H2,1-2H3. The molecule has 0 N–H and O–H groups in total. The summed E-state index contributed by atoms with van der Waals surface area (Å²) in [6.07, 6.45) is 1.18. The molecule has 1 aliphatic heterocycles. The summed E-state index contributed by atoms with van der Waals surface area (Å²) in [4.78, 5) is 39.6. The molecule has 160 valence electrons. The molecule has 0 bridgehead atoms. The number of carbonyl (C=O) groups is 3. The number of hydrogen-bond donors (Lipinski definition) is 0. The average molecular weight is 416 g/mol. The molecule has 0 radical (unpaired) electrons. The quantitative estimate of drug-likeness (QED) is 0.655. The minimum Gasteiger partial charge on any atom is -0.493 e. The summed E-state index contributed by atoms with van der Waals surface area (Å²) in [5.74, 6) is -0.840. The third-order valence-electron chi connectivity index (χ3n) is 4.60. The summed E-state index contributed by atoms with van der Waals surface area (Å²) >= 11 is 0. The largest absolute Gasteiger partial charge is 0.493 e. The van der Waals surface area contributed by atoms with Crippen LogP contribution in [-0.4, -0.2) is 84.1 Å². The Labute approximate surface area is 173 Å². The van der Waals surface area contributed by atoms with E-state index in [1.54, 1.807) is 22.9 Å². The van der Waals surface area contributed by atoms with Crippen LogP contribution in [0.5, 0.6) is 5.75 Å². The molecule has 1 aromatic carbocycles. The minimum absolute atomic E-state index is 0.0127. The predicted octanol–water partition coefficient (Wildman–Crippen LogP) is 1.34. The second-order valence-electron chi connectivity index (χ2n) is 6.47. The predicted molar refractivity (Wildman–Crippen MR) is 106 cm³/mol. The van der Waals surface area contributed by atoms with Crippen molar-refractivity contribution in [2.24, 2.45) is 0 Å². The molecule has 2 heterocycles. The second kappa shape index (κ2) is 9.77. The molecule has 2 amide bonds. The van der Waals surface area contributed by atoms with Gasteiger partial charge >= 0.3 is 12.1 Å². The summed E-state index contributed by atoms with van der Waals surface area (Å²) in [5, 5.41) is 4.22. The van der Waals surface area contributed by atoms with Gasteiger partial charge in [-0.1, -0.05) is 18.2 Å². The summed E-state index contributed by atoms with van der Waals surface area (Å²) < 4.78 is 16.8. The van der Waals surface area contributed by atoms with E-state index in [-0.39, 0.29) is 17.4 Å². The molecule has 10 nitrogen and oxygen atoms in total. The number of esters is 1. The normalized spacial score (nSPS) is 13.7. The fourth-order valence-electron chi connectivity index (χ4n) is 3.00. The van der Waals surface area contributed by atoms with E-state index in [0.29, 0.717) is 32.8 Å². The SMILES string of the molecule is CCOC(=O)N1CCN(C(=O)COC(=O)c2nn(-c3ccccc3)cc2OC)CC1. The van der Waals surface area contributed by atoms with Crippen molar-refractivity contribution in [3.8, 4) is 11.4 Å². The summed E-state index contributed by atoms with van der Waals surface area (Å²) in [7, 11) is 1.43. The molecular formula is C20H24N4O6. The van der Waals surface area contributed by atoms with Gasteiger partial charge in [0, 0.05) is 26.2 Å². The van der Waals surface area contributed by atoms with Crippen LogP contribution in [0.25, 0.3) is 5.69 Å². The van der Waals surface area contributed by atoms with E-state index in [1.807, 2.05) is 30.3 Å². The lowest BCUT2D eigenvalue weighted by molar-refractivity contribution is -0.136. The topological polar surface area (TPSA) is 103 Å². The van der Waals surface area contributed by atoms with E-state index in [1.165, 1.54) is 11.8 Å². The Morgan fingerprint density at radius 2 is 1.67 bits per heavy atom. The molecule has 1 fully saturated rings. The Morgan fingerprint density at radius 3 is 2.30 bits per heavy atom. The molecule has 3 rings (SSSR count). The zero-order valence-electron chi connectivity index (χ0n) is 16.9. The maximum atomic E-state index is 12.5. The van der Waals surface area contributed by atoms with E-state index >= 15 is 0 Å². The van der Waals surface area contributed by atoms with Gasteiger partial charge in [0.1, 0.15) is 0 Å². The van der Waals surface area contributed by atoms with Crippen LogP contribution in [-0.2, 0) is 14.3 Å². The number of nitrogens with zero attached hydrogens (tertiary/aromatic N) is 4. The van der Waals surface area contributed by atoms with Crippen LogP contribution in [0.3, 0.4) is 0 Å². The summed E-state index contributed by atoms with van der Waals surface area (Å²) in [6, 6.07) is 9.24. The lowest BCUT2D eigenvalue weighted by Crippen LogP contribution is -2.51. The van der Waals surface area contributed by atoms with Crippen LogP contribution >= 0.6 is 0 Å². The van der Waals surface area contributed by atoms with Crippen molar-refractivity contribution in [1.29, 1.82) is 0 Å². The van der Waals surface area contributed by atoms with E-state index < -0.39 is 18.7 Å². The van der Waals surface area contributed by atoms with E-state index in [0.717, 1.165) is 5.69 Å². The molecule has 0 spiro atoms. The zero-order chi connectivity index (χ0) is 21.5. The number of amides is 2. The monoisotopic (exact) mass is 416 g/mol. The number of hydrogen-bond acceptors (Lipinski definition) is 7.